The van der Waals surface area contributed by atoms with Gasteiger partial charge in [-0.05, 0) is 24.6 Å². The molecule has 4 heteroatoms. The zero-order valence-corrected chi connectivity index (χ0v) is 9.56. The summed E-state index contributed by atoms with van der Waals surface area (Å²) >= 11 is 9.13. The summed E-state index contributed by atoms with van der Waals surface area (Å²) in [6.45, 7) is 1.66. The van der Waals surface area contributed by atoms with Crippen LogP contribution in [0.15, 0.2) is 22.7 Å². The van der Waals surface area contributed by atoms with Crippen LogP contribution in [0.3, 0.4) is 0 Å². The Kier molecular flexibility index (Phi) is 3.35. The molecule has 0 aliphatic rings. The Hall–Kier alpha value is -0.0900. The third kappa shape index (κ3) is 2.44. The molecule has 0 spiro atoms. The van der Waals surface area contributed by atoms with Gasteiger partial charge in [0.15, 0.2) is 0 Å². The highest BCUT2D eigenvalue weighted by Gasteiger charge is 2.22. The standard InChI is InChI=1S/C9H11BrClNO/c1-9(12,5-13)7-3-2-6(11)4-8(7)10/h2-4,13H,5,12H2,1H3. The van der Waals surface area contributed by atoms with Crippen molar-refractivity contribution < 1.29 is 5.11 Å². The van der Waals surface area contributed by atoms with Crippen molar-refractivity contribution in [2.75, 3.05) is 6.61 Å². The minimum Gasteiger partial charge on any atom is -0.394 e. The minimum atomic E-state index is -0.733. The van der Waals surface area contributed by atoms with Crippen LogP contribution in [-0.2, 0) is 5.54 Å². The maximum Gasteiger partial charge on any atom is 0.0650 e. The third-order valence-corrected chi connectivity index (χ3v) is 2.77. The molecule has 13 heavy (non-hydrogen) atoms. The Morgan fingerprint density at radius 3 is 2.69 bits per heavy atom. The van der Waals surface area contributed by atoms with Crippen molar-refractivity contribution in [3.63, 3.8) is 0 Å². The van der Waals surface area contributed by atoms with E-state index in [1.807, 2.05) is 6.07 Å². The van der Waals surface area contributed by atoms with E-state index in [0.717, 1.165) is 10.0 Å². The molecule has 0 heterocycles. The first-order valence-electron chi connectivity index (χ1n) is 3.82. The summed E-state index contributed by atoms with van der Waals surface area (Å²) in [5.41, 5.74) is 5.98. The van der Waals surface area contributed by atoms with Gasteiger partial charge in [0, 0.05) is 9.50 Å². The van der Waals surface area contributed by atoms with Gasteiger partial charge < -0.3 is 10.8 Å². The van der Waals surface area contributed by atoms with Gasteiger partial charge in [-0.2, -0.15) is 0 Å². The van der Waals surface area contributed by atoms with Crippen LogP contribution in [0.5, 0.6) is 0 Å². The molecular formula is C9H11BrClNO. The van der Waals surface area contributed by atoms with Crippen LogP contribution >= 0.6 is 27.5 Å². The molecule has 1 atom stereocenters. The van der Waals surface area contributed by atoms with Crippen molar-refractivity contribution >= 4 is 27.5 Å². The van der Waals surface area contributed by atoms with Crippen LogP contribution < -0.4 is 5.73 Å². The fourth-order valence-corrected chi connectivity index (χ4v) is 2.17. The molecule has 0 bridgehead atoms. The van der Waals surface area contributed by atoms with E-state index in [-0.39, 0.29) is 6.61 Å². The predicted molar refractivity (Wildman–Crippen MR) is 57.8 cm³/mol. The molecule has 0 saturated heterocycles. The Morgan fingerprint density at radius 2 is 2.23 bits per heavy atom. The van der Waals surface area contributed by atoms with Crippen LogP contribution in [0, 0.1) is 0 Å². The van der Waals surface area contributed by atoms with Crippen LogP contribution in [0.4, 0.5) is 0 Å². The van der Waals surface area contributed by atoms with E-state index in [2.05, 4.69) is 15.9 Å². The molecule has 3 N–H and O–H groups in total. The van der Waals surface area contributed by atoms with Gasteiger partial charge in [0.05, 0.1) is 12.1 Å². The number of nitrogens with two attached hydrogens (primary N) is 1. The maximum absolute atomic E-state index is 9.06. The van der Waals surface area contributed by atoms with Gasteiger partial charge in [0.1, 0.15) is 0 Å². The first-order valence-corrected chi connectivity index (χ1v) is 5.00. The Bertz CT molecular complexity index is 314. The van der Waals surface area contributed by atoms with Gasteiger partial charge in [-0.1, -0.05) is 33.6 Å². The van der Waals surface area contributed by atoms with Gasteiger partial charge >= 0.3 is 0 Å². The highest BCUT2D eigenvalue weighted by atomic mass is 79.9. The van der Waals surface area contributed by atoms with E-state index in [1.54, 1.807) is 19.1 Å². The molecular weight excluding hydrogens is 253 g/mol. The molecule has 72 valence electrons. The molecule has 0 aromatic heterocycles. The summed E-state index contributed by atoms with van der Waals surface area (Å²) in [6.07, 6.45) is 0. The average molecular weight is 265 g/mol. The molecule has 0 fully saturated rings. The molecule has 0 aliphatic carbocycles. The second-order valence-corrected chi connectivity index (χ2v) is 4.49. The van der Waals surface area contributed by atoms with Crippen LogP contribution in [-0.4, -0.2) is 11.7 Å². The quantitative estimate of drug-likeness (QED) is 0.861. The monoisotopic (exact) mass is 263 g/mol. The highest BCUT2D eigenvalue weighted by molar-refractivity contribution is 9.10. The first kappa shape index (κ1) is 11.0. The highest BCUT2D eigenvalue weighted by Crippen LogP contribution is 2.28. The van der Waals surface area contributed by atoms with Crippen molar-refractivity contribution in [2.45, 2.75) is 12.5 Å². The normalized spacial score (nSPS) is 15.5. The molecule has 0 radical (unpaired) electrons. The van der Waals surface area contributed by atoms with Crippen LogP contribution in [0.2, 0.25) is 5.02 Å². The lowest BCUT2D eigenvalue weighted by Gasteiger charge is -2.23. The number of aliphatic hydroxyl groups is 1. The SMILES string of the molecule is CC(N)(CO)c1ccc(Cl)cc1Br. The molecule has 1 aromatic rings. The number of hydrogen-bond donors (Lipinski definition) is 2. The van der Waals surface area contributed by atoms with E-state index in [0.29, 0.717) is 5.02 Å². The summed E-state index contributed by atoms with van der Waals surface area (Å²) in [4.78, 5) is 0. The van der Waals surface area contributed by atoms with Crippen LogP contribution in [0.25, 0.3) is 0 Å². The molecule has 1 unspecified atom stereocenters. The largest absolute Gasteiger partial charge is 0.394 e. The fourth-order valence-electron chi connectivity index (χ4n) is 1.04. The Balaban J connectivity index is 3.16. The average Bonchev–Trinajstić information content (AvgIpc) is 2.03. The van der Waals surface area contributed by atoms with Crippen molar-refractivity contribution in [2.24, 2.45) is 5.73 Å². The van der Waals surface area contributed by atoms with E-state index in [1.165, 1.54) is 0 Å². The molecule has 0 amide bonds. The van der Waals surface area contributed by atoms with Gasteiger partial charge in [-0.3, -0.25) is 0 Å². The number of rotatable bonds is 2. The summed E-state index contributed by atoms with van der Waals surface area (Å²) in [6, 6.07) is 5.32. The Labute approximate surface area is 90.8 Å². The molecule has 1 aromatic carbocycles. The topological polar surface area (TPSA) is 46.2 Å². The minimum absolute atomic E-state index is 0.104. The van der Waals surface area contributed by atoms with Gasteiger partial charge in [-0.15, -0.1) is 0 Å². The van der Waals surface area contributed by atoms with Gasteiger partial charge in [0.2, 0.25) is 0 Å². The van der Waals surface area contributed by atoms with Crippen molar-refractivity contribution in [3.8, 4) is 0 Å². The summed E-state index contributed by atoms with van der Waals surface area (Å²) in [7, 11) is 0. The number of halogens is 2. The van der Waals surface area contributed by atoms with E-state index >= 15 is 0 Å². The summed E-state index contributed by atoms with van der Waals surface area (Å²) in [5.74, 6) is 0. The molecule has 1 rings (SSSR count). The van der Waals surface area contributed by atoms with Crippen molar-refractivity contribution in [1.82, 2.24) is 0 Å². The number of benzene rings is 1. The lowest BCUT2D eigenvalue weighted by molar-refractivity contribution is 0.209. The van der Waals surface area contributed by atoms with Gasteiger partial charge in [0.25, 0.3) is 0 Å². The van der Waals surface area contributed by atoms with Crippen molar-refractivity contribution in [1.29, 1.82) is 0 Å². The summed E-state index contributed by atoms with van der Waals surface area (Å²) < 4.78 is 0.819. The zero-order chi connectivity index (χ0) is 10.1. The first-order chi connectivity index (χ1) is 5.97. The fraction of sp³-hybridized carbons (Fsp3) is 0.333. The smallest absolute Gasteiger partial charge is 0.0650 e. The second kappa shape index (κ2) is 3.96. The van der Waals surface area contributed by atoms with Crippen LogP contribution in [0.1, 0.15) is 12.5 Å². The second-order valence-electron chi connectivity index (χ2n) is 3.20. The predicted octanol–water partition coefficient (Wildman–Crippen LogP) is 2.27. The zero-order valence-electron chi connectivity index (χ0n) is 7.22. The number of aliphatic hydroxyl groups excluding tert-OH is 1. The Morgan fingerprint density at radius 1 is 1.62 bits per heavy atom. The third-order valence-electron chi connectivity index (χ3n) is 1.87. The van der Waals surface area contributed by atoms with E-state index in [9.17, 15) is 0 Å². The lowest BCUT2D eigenvalue weighted by Crippen LogP contribution is -2.37. The summed E-state index contributed by atoms with van der Waals surface area (Å²) in [5, 5.41) is 9.71. The van der Waals surface area contributed by atoms with E-state index in [4.69, 9.17) is 22.4 Å². The number of hydrogen-bond acceptors (Lipinski definition) is 2. The molecule has 0 saturated carbocycles. The molecule has 2 nitrogen and oxygen atoms in total. The molecule has 0 aliphatic heterocycles. The lowest BCUT2D eigenvalue weighted by atomic mass is 9.94. The van der Waals surface area contributed by atoms with Crippen molar-refractivity contribution in [3.05, 3.63) is 33.3 Å². The maximum atomic E-state index is 9.06. The van der Waals surface area contributed by atoms with Gasteiger partial charge in [-0.25, -0.2) is 0 Å². The van der Waals surface area contributed by atoms with E-state index < -0.39 is 5.54 Å².